The lowest BCUT2D eigenvalue weighted by Gasteiger charge is -2.34. The van der Waals surface area contributed by atoms with Gasteiger partial charge in [0.05, 0.1) is 18.8 Å². The molecule has 3 aliphatic rings. The number of rotatable bonds is 1. The van der Waals surface area contributed by atoms with Crippen LogP contribution in [0.4, 0.5) is 0 Å². The van der Waals surface area contributed by atoms with E-state index in [1.54, 1.807) is 11.8 Å². The van der Waals surface area contributed by atoms with Gasteiger partial charge in [0.15, 0.2) is 5.17 Å². The van der Waals surface area contributed by atoms with Crippen molar-refractivity contribution in [1.29, 1.82) is 0 Å². The highest BCUT2D eigenvalue weighted by molar-refractivity contribution is 8.14. The molecule has 2 fully saturated rings. The monoisotopic (exact) mass is 244 g/mol. The van der Waals surface area contributed by atoms with Gasteiger partial charge in [-0.15, -0.1) is 0 Å². The molecular formula is C10H16N2O3S. The topological polar surface area (TPSA) is 65.3 Å². The lowest BCUT2D eigenvalue weighted by Crippen LogP contribution is -2.45. The molecule has 3 rings (SSSR count). The maximum absolute atomic E-state index is 9.73. The van der Waals surface area contributed by atoms with Crippen molar-refractivity contribution in [1.82, 2.24) is 4.90 Å². The third kappa shape index (κ3) is 1.73. The summed E-state index contributed by atoms with van der Waals surface area (Å²) >= 11 is 1.63. The number of hydrogen-bond donors (Lipinski definition) is 2. The minimum atomic E-state index is -0.591. The average Bonchev–Trinajstić information content (AvgIpc) is 2.55. The predicted molar refractivity (Wildman–Crippen MR) is 61.4 cm³/mol. The fraction of sp³-hybridized carbons (Fsp3) is 0.900. The van der Waals surface area contributed by atoms with Gasteiger partial charge in [-0.3, -0.25) is 4.99 Å². The van der Waals surface area contributed by atoms with Crippen molar-refractivity contribution in [2.75, 3.05) is 19.7 Å². The Bertz CT molecular complexity index is 308. The predicted octanol–water partition coefficient (Wildman–Crippen LogP) is -0.368. The SMILES string of the molecule is OC[C@H]1O[C@@H]2SC(N3CCC3)=N[C@@H]2C[C@H]1O. The standard InChI is InChI=1S/C10H16N2O3S/c13-5-8-7(14)4-6-9(15-8)16-10(11-6)12-2-1-3-12/h6-9,13-14H,1-5H2/t6-,7-,8-,9-/m1/s1. The maximum Gasteiger partial charge on any atom is 0.162 e. The molecule has 0 amide bonds. The van der Waals surface area contributed by atoms with Crippen LogP contribution in [0.2, 0.25) is 0 Å². The van der Waals surface area contributed by atoms with Crippen molar-refractivity contribution in [2.45, 2.75) is 36.5 Å². The first-order valence-electron chi connectivity index (χ1n) is 5.71. The third-order valence-electron chi connectivity index (χ3n) is 3.34. The smallest absolute Gasteiger partial charge is 0.162 e. The molecule has 90 valence electrons. The number of fused-ring (bicyclic) bond motifs is 1. The highest BCUT2D eigenvalue weighted by atomic mass is 32.2. The first kappa shape index (κ1) is 10.8. The first-order chi connectivity index (χ1) is 7.78. The third-order valence-corrected chi connectivity index (χ3v) is 4.57. The largest absolute Gasteiger partial charge is 0.394 e. The van der Waals surface area contributed by atoms with Crippen LogP contribution in [0.15, 0.2) is 4.99 Å². The number of aliphatic imine (C=N–C) groups is 1. The van der Waals surface area contributed by atoms with E-state index in [9.17, 15) is 5.11 Å². The summed E-state index contributed by atoms with van der Waals surface area (Å²) in [5.74, 6) is 0. The molecule has 0 radical (unpaired) electrons. The molecule has 0 unspecified atom stereocenters. The Morgan fingerprint density at radius 2 is 2.31 bits per heavy atom. The van der Waals surface area contributed by atoms with Gasteiger partial charge in [0.1, 0.15) is 11.5 Å². The molecule has 3 heterocycles. The number of hydrogen-bond acceptors (Lipinski definition) is 6. The van der Waals surface area contributed by atoms with Crippen LogP contribution >= 0.6 is 11.8 Å². The summed E-state index contributed by atoms with van der Waals surface area (Å²) in [6.07, 6.45) is 0.795. The highest BCUT2D eigenvalue weighted by Crippen LogP contribution is 2.37. The second-order valence-corrected chi connectivity index (χ2v) is 5.53. The van der Waals surface area contributed by atoms with Crippen LogP contribution in [0.1, 0.15) is 12.8 Å². The molecule has 0 aliphatic carbocycles. The van der Waals surface area contributed by atoms with Crippen molar-refractivity contribution in [3.8, 4) is 0 Å². The summed E-state index contributed by atoms with van der Waals surface area (Å²) in [7, 11) is 0. The molecule has 0 bridgehead atoms. The van der Waals surface area contributed by atoms with Crippen molar-refractivity contribution < 1.29 is 14.9 Å². The molecule has 5 nitrogen and oxygen atoms in total. The molecule has 6 heteroatoms. The Balaban J connectivity index is 1.67. The second-order valence-electron chi connectivity index (χ2n) is 4.47. The van der Waals surface area contributed by atoms with Crippen molar-refractivity contribution in [3.63, 3.8) is 0 Å². The molecule has 0 aromatic heterocycles. The number of aliphatic hydroxyl groups excluding tert-OH is 2. The Morgan fingerprint density at radius 3 is 2.94 bits per heavy atom. The Labute approximate surface area is 98.5 Å². The van der Waals surface area contributed by atoms with E-state index >= 15 is 0 Å². The van der Waals surface area contributed by atoms with Gasteiger partial charge in [-0.05, 0) is 6.42 Å². The van der Waals surface area contributed by atoms with E-state index in [0.717, 1.165) is 18.3 Å². The summed E-state index contributed by atoms with van der Waals surface area (Å²) in [5.41, 5.74) is -0.0175. The van der Waals surface area contributed by atoms with Crippen LogP contribution in [0.5, 0.6) is 0 Å². The summed E-state index contributed by atoms with van der Waals surface area (Å²) < 4.78 is 5.64. The molecular weight excluding hydrogens is 228 g/mol. The Kier molecular flexibility index (Phi) is 2.83. The number of amidine groups is 1. The molecule has 0 aromatic rings. The van der Waals surface area contributed by atoms with Crippen LogP contribution < -0.4 is 0 Å². The van der Waals surface area contributed by atoms with Crippen LogP contribution in [0.25, 0.3) is 0 Å². The maximum atomic E-state index is 9.73. The molecule has 2 saturated heterocycles. The molecule has 0 aromatic carbocycles. The van der Waals surface area contributed by atoms with E-state index in [1.807, 2.05) is 0 Å². The van der Waals surface area contributed by atoms with Gasteiger partial charge in [-0.1, -0.05) is 11.8 Å². The van der Waals surface area contributed by atoms with Gasteiger partial charge in [-0.2, -0.15) is 0 Å². The minimum absolute atomic E-state index is 0.0175. The van der Waals surface area contributed by atoms with Gasteiger partial charge in [0.2, 0.25) is 0 Å². The van der Waals surface area contributed by atoms with Crippen LogP contribution in [0.3, 0.4) is 0 Å². The summed E-state index contributed by atoms with van der Waals surface area (Å²) in [6.45, 7) is 2.04. The molecule has 16 heavy (non-hydrogen) atoms. The lowest BCUT2D eigenvalue weighted by atomic mass is 10.0. The van der Waals surface area contributed by atoms with Gasteiger partial charge >= 0.3 is 0 Å². The zero-order valence-corrected chi connectivity index (χ0v) is 9.77. The summed E-state index contributed by atoms with van der Waals surface area (Å²) in [5, 5.41) is 19.9. The molecule has 0 spiro atoms. The Hall–Kier alpha value is -0.300. The van der Waals surface area contributed by atoms with E-state index in [-0.39, 0.29) is 18.1 Å². The van der Waals surface area contributed by atoms with Gasteiger partial charge in [0, 0.05) is 19.5 Å². The quantitative estimate of drug-likeness (QED) is 0.659. The molecule has 4 atom stereocenters. The number of thioether (sulfide) groups is 1. The number of aliphatic hydroxyl groups is 2. The van der Waals surface area contributed by atoms with Crippen molar-refractivity contribution >= 4 is 16.9 Å². The van der Waals surface area contributed by atoms with Crippen molar-refractivity contribution in [2.24, 2.45) is 4.99 Å². The number of likely N-dealkylation sites (tertiary alicyclic amines) is 1. The van der Waals surface area contributed by atoms with Crippen LogP contribution in [0, 0.1) is 0 Å². The second kappa shape index (κ2) is 4.18. The molecule has 0 saturated carbocycles. The van der Waals surface area contributed by atoms with E-state index < -0.39 is 12.2 Å². The molecule has 2 N–H and O–H groups in total. The highest BCUT2D eigenvalue weighted by Gasteiger charge is 2.43. The van der Waals surface area contributed by atoms with Gasteiger partial charge < -0.3 is 19.8 Å². The van der Waals surface area contributed by atoms with E-state index in [0.29, 0.717) is 6.42 Å². The van der Waals surface area contributed by atoms with Crippen LogP contribution in [-0.4, -0.2) is 63.7 Å². The minimum Gasteiger partial charge on any atom is -0.394 e. The average molecular weight is 244 g/mol. The fourth-order valence-corrected chi connectivity index (χ4v) is 3.45. The fourth-order valence-electron chi connectivity index (χ4n) is 2.19. The van der Waals surface area contributed by atoms with Crippen LogP contribution in [-0.2, 0) is 4.74 Å². The summed E-state index contributed by atoms with van der Waals surface area (Å²) in [6, 6.07) is 0.0541. The zero-order valence-electron chi connectivity index (χ0n) is 8.95. The van der Waals surface area contributed by atoms with Crippen molar-refractivity contribution in [3.05, 3.63) is 0 Å². The lowest BCUT2D eigenvalue weighted by molar-refractivity contribution is -0.111. The van der Waals surface area contributed by atoms with Gasteiger partial charge in [0.25, 0.3) is 0 Å². The zero-order chi connectivity index (χ0) is 11.1. The first-order valence-corrected chi connectivity index (χ1v) is 6.59. The summed E-state index contributed by atoms with van der Waals surface area (Å²) in [4.78, 5) is 6.83. The molecule has 3 aliphatic heterocycles. The number of ether oxygens (including phenoxy) is 1. The normalized spacial score (nSPS) is 42.6. The van der Waals surface area contributed by atoms with E-state index in [2.05, 4.69) is 9.89 Å². The number of nitrogens with zero attached hydrogens (tertiary/aromatic N) is 2. The van der Waals surface area contributed by atoms with E-state index in [4.69, 9.17) is 9.84 Å². The van der Waals surface area contributed by atoms with E-state index in [1.165, 1.54) is 6.42 Å². The van der Waals surface area contributed by atoms with Gasteiger partial charge in [-0.25, -0.2) is 0 Å². The Morgan fingerprint density at radius 1 is 1.50 bits per heavy atom.